The van der Waals surface area contributed by atoms with E-state index < -0.39 is 0 Å². The Hall–Kier alpha value is -0.580. The lowest BCUT2D eigenvalue weighted by molar-refractivity contribution is 0.0470. The smallest absolute Gasteiger partial charge is 0.339 e. The second kappa shape index (κ2) is 6.82. The average Bonchev–Trinajstić information content (AvgIpc) is 2.27. The van der Waals surface area contributed by atoms with E-state index in [-0.39, 0.29) is 10.1 Å². The molecule has 1 aromatic rings. The first-order valence-corrected chi connectivity index (χ1v) is 6.38. The van der Waals surface area contributed by atoms with E-state index in [1.807, 2.05) is 18.2 Å². The van der Waals surface area contributed by atoms with Crippen molar-refractivity contribution in [2.75, 3.05) is 0 Å². The highest BCUT2D eigenvalue weighted by atomic mass is 127. The van der Waals surface area contributed by atoms with Crippen molar-refractivity contribution in [2.45, 2.75) is 30.3 Å². The van der Waals surface area contributed by atoms with Gasteiger partial charge in [0.1, 0.15) is 0 Å². The lowest BCUT2D eigenvalue weighted by Gasteiger charge is -2.10. The number of carbonyl (C=O) groups is 1. The molecular weight excluding hydrogens is 303 g/mol. The molecule has 1 aromatic carbocycles. The van der Waals surface area contributed by atoms with Gasteiger partial charge in [-0.3, -0.25) is 0 Å². The molecule has 0 N–H and O–H groups in total. The molecular formula is C12H15IO2. The van der Waals surface area contributed by atoms with Crippen molar-refractivity contribution in [1.29, 1.82) is 0 Å². The fourth-order valence-electron chi connectivity index (χ4n) is 1.18. The van der Waals surface area contributed by atoms with Crippen LogP contribution in [0.5, 0.6) is 0 Å². The number of hydrogen-bond donors (Lipinski definition) is 0. The summed E-state index contributed by atoms with van der Waals surface area (Å²) in [5, 5.41) is 0. The summed E-state index contributed by atoms with van der Waals surface area (Å²) in [6.07, 6.45) is 3.15. The van der Waals surface area contributed by atoms with Crippen LogP contribution in [-0.2, 0) is 4.74 Å². The largest absolute Gasteiger partial charge is 0.448 e. The number of alkyl halides is 1. The maximum Gasteiger partial charge on any atom is 0.339 e. The van der Waals surface area contributed by atoms with Crippen LogP contribution in [0, 0.1) is 0 Å². The van der Waals surface area contributed by atoms with Crippen LogP contribution in [-0.4, -0.2) is 10.1 Å². The van der Waals surface area contributed by atoms with Crippen LogP contribution in [0.25, 0.3) is 0 Å². The summed E-state index contributed by atoms with van der Waals surface area (Å²) in [5.74, 6) is -0.230. The van der Waals surface area contributed by atoms with Gasteiger partial charge >= 0.3 is 5.97 Å². The van der Waals surface area contributed by atoms with Gasteiger partial charge in [0, 0.05) is 0 Å². The predicted octanol–water partition coefficient (Wildman–Crippen LogP) is 3.79. The zero-order valence-corrected chi connectivity index (χ0v) is 10.9. The molecule has 1 rings (SSSR count). The first-order valence-electron chi connectivity index (χ1n) is 5.14. The van der Waals surface area contributed by atoms with Crippen molar-refractivity contribution in [3.05, 3.63) is 35.9 Å². The Morgan fingerprint density at radius 3 is 2.67 bits per heavy atom. The second-order valence-electron chi connectivity index (χ2n) is 3.32. The third-order valence-corrected chi connectivity index (χ3v) is 2.91. The van der Waals surface area contributed by atoms with E-state index in [4.69, 9.17) is 4.74 Å². The van der Waals surface area contributed by atoms with Gasteiger partial charge in [-0.2, -0.15) is 0 Å². The molecule has 1 unspecified atom stereocenters. The molecule has 0 aliphatic heterocycles. The van der Waals surface area contributed by atoms with Crippen LogP contribution in [0.2, 0.25) is 0 Å². The molecule has 0 radical (unpaired) electrons. The highest BCUT2D eigenvalue weighted by Crippen LogP contribution is 2.14. The molecule has 0 amide bonds. The summed E-state index contributed by atoms with van der Waals surface area (Å²) in [4.78, 5) is 11.6. The molecule has 0 spiro atoms. The van der Waals surface area contributed by atoms with Crippen molar-refractivity contribution in [3.63, 3.8) is 0 Å². The lowest BCUT2D eigenvalue weighted by atomic mass is 10.2. The van der Waals surface area contributed by atoms with Crippen molar-refractivity contribution >= 4 is 28.6 Å². The van der Waals surface area contributed by atoms with Gasteiger partial charge in [0.2, 0.25) is 0 Å². The van der Waals surface area contributed by atoms with E-state index in [1.54, 1.807) is 12.1 Å². The number of esters is 1. The molecule has 1 atom stereocenters. The predicted molar refractivity (Wildman–Crippen MR) is 69.2 cm³/mol. The molecule has 0 saturated carbocycles. The van der Waals surface area contributed by atoms with Crippen LogP contribution in [0.3, 0.4) is 0 Å². The summed E-state index contributed by atoms with van der Waals surface area (Å²) < 4.78 is 5.27. The minimum atomic E-state index is -0.230. The second-order valence-corrected chi connectivity index (χ2v) is 4.71. The first kappa shape index (κ1) is 12.5. The monoisotopic (exact) mass is 318 g/mol. The van der Waals surface area contributed by atoms with E-state index in [2.05, 4.69) is 29.5 Å². The number of rotatable bonds is 5. The summed E-state index contributed by atoms with van der Waals surface area (Å²) in [7, 11) is 0. The summed E-state index contributed by atoms with van der Waals surface area (Å²) in [5.41, 5.74) is 0.621. The molecule has 82 valence electrons. The topological polar surface area (TPSA) is 26.3 Å². The molecule has 3 heteroatoms. The zero-order valence-electron chi connectivity index (χ0n) is 8.78. The van der Waals surface area contributed by atoms with Gasteiger partial charge in [0.05, 0.1) is 5.56 Å². The number of benzene rings is 1. The number of ether oxygens (including phenoxy) is 1. The van der Waals surface area contributed by atoms with E-state index in [9.17, 15) is 4.79 Å². The molecule has 0 fully saturated rings. The Balaban J connectivity index is 2.42. The van der Waals surface area contributed by atoms with Crippen LogP contribution in [0.1, 0.15) is 36.5 Å². The maximum atomic E-state index is 11.6. The van der Waals surface area contributed by atoms with Gasteiger partial charge in [-0.1, -0.05) is 31.5 Å². The number of carbonyl (C=O) groups excluding carboxylic acids is 1. The highest BCUT2D eigenvalue weighted by Gasteiger charge is 2.11. The Morgan fingerprint density at radius 1 is 1.40 bits per heavy atom. The van der Waals surface area contributed by atoms with Crippen molar-refractivity contribution < 1.29 is 9.53 Å². The third kappa shape index (κ3) is 4.64. The average molecular weight is 318 g/mol. The number of hydrogen-bond acceptors (Lipinski definition) is 2. The summed E-state index contributed by atoms with van der Waals surface area (Å²) in [6.45, 7) is 2.13. The molecule has 0 heterocycles. The SMILES string of the molecule is CCCCC(I)OC(=O)c1ccccc1. The third-order valence-electron chi connectivity index (χ3n) is 2.03. The molecule has 0 saturated heterocycles. The van der Waals surface area contributed by atoms with Crippen LogP contribution in [0.15, 0.2) is 30.3 Å². The van der Waals surface area contributed by atoms with Crippen molar-refractivity contribution in [1.82, 2.24) is 0 Å². The molecule has 0 aliphatic carbocycles. The van der Waals surface area contributed by atoms with Crippen molar-refractivity contribution in [3.8, 4) is 0 Å². The Morgan fingerprint density at radius 2 is 2.07 bits per heavy atom. The number of halogens is 1. The van der Waals surface area contributed by atoms with Crippen LogP contribution in [0.4, 0.5) is 0 Å². The Kier molecular flexibility index (Phi) is 5.68. The van der Waals surface area contributed by atoms with Crippen LogP contribution < -0.4 is 0 Å². The number of unbranched alkanes of at least 4 members (excludes halogenated alkanes) is 1. The fourth-order valence-corrected chi connectivity index (χ4v) is 1.85. The van der Waals surface area contributed by atoms with E-state index in [0.717, 1.165) is 19.3 Å². The van der Waals surface area contributed by atoms with E-state index in [0.29, 0.717) is 5.56 Å². The fraction of sp³-hybridized carbons (Fsp3) is 0.417. The molecule has 15 heavy (non-hydrogen) atoms. The van der Waals surface area contributed by atoms with Crippen molar-refractivity contribution in [2.24, 2.45) is 0 Å². The highest BCUT2D eigenvalue weighted by molar-refractivity contribution is 14.1. The first-order chi connectivity index (χ1) is 7.24. The summed E-state index contributed by atoms with van der Waals surface area (Å²) in [6, 6.07) is 9.10. The Bertz CT molecular complexity index is 298. The van der Waals surface area contributed by atoms with Gasteiger partial charge in [-0.15, -0.1) is 0 Å². The lowest BCUT2D eigenvalue weighted by Crippen LogP contribution is -2.12. The van der Waals surface area contributed by atoms with E-state index >= 15 is 0 Å². The van der Waals surface area contributed by atoms with Gasteiger partial charge in [-0.05, 0) is 47.6 Å². The van der Waals surface area contributed by atoms with Gasteiger partial charge < -0.3 is 4.74 Å². The van der Waals surface area contributed by atoms with Crippen LogP contribution >= 0.6 is 22.6 Å². The van der Waals surface area contributed by atoms with E-state index in [1.165, 1.54) is 0 Å². The molecule has 0 aromatic heterocycles. The molecule has 0 aliphatic rings. The maximum absolute atomic E-state index is 11.6. The standard InChI is InChI=1S/C12H15IO2/c1-2-3-9-11(13)15-12(14)10-7-5-4-6-8-10/h4-8,11H,2-3,9H2,1H3. The minimum Gasteiger partial charge on any atom is -0.448 e. The minimum absolute atomic E-state index is 0.0183. The quantitative estimate of drug-likeness (QED) is 0.469. The molecule has 2 nitrogen and oxygen atoms in total. The van der Waals surface area contributed by atoms with Gasteiger partial charge in [0.15, 0.2) is 4.11 Å². The summed E-state index contributed by atoms with van der Waals surface area (Å²) >= 11 is 2.16. The Labute approximate surface area is 104 Å². The van der Waals surface area contributed by atoms with Gasteiger partial charge in [-0.25, -0.2) is 4.79 Å². The molecule has 0 bridgehead atoms. The zero-order chi connectivity index (χ0) is 11.1. The normalized spacial score (nSPS) is 12.1. The van der Waals surface area contributed by atoms with Gasteiger partial charge in [0.25, 0.3) is 0 Å².